The first kappa shape index (κ1) is 16.0. The summed E-state index contributed by atoms with van der Waals surface area (Å²) in [6.07, 6.45) is 6.25. The molecule has 1 aliphatic carbocycles. The molecule has 0 aliphatic heterocycles. The van der Waals surface area contributed by atoms with Crippen LogP contribution in [-0.2, 0) is 13.0 Å². The van der Waals surface area contributed by atoms with Crippen LogP contribution in [0.15, 0.2) is 4.47 Å². The molecule has 1 N–H and O–H groups in total. The molecule has 0 unspecified atom stereocenters. The van der Waals surface area contributed by atoms with Gasteiger partial charge in [0.15, 0.2) is 0 Å². The van der Waals surface area contributed by atoms with Gasteiger partial charge >= 0.3 is 0 Å². The van der Waals surface area contributed by atoms with Crippen LogP contribution in [0.2, 0.25) is 0 Å². The summed E-state index contributed by atoms with van der Waals surface area (Å²) >= 11 is 3.74. The summed E-state index contributed by atoms with van der Waals surface area (Å²) in [5.41, 5.74) is 2.83. The van der Waals surface area contributed by atoms with Crippen molar-refractivity contribution in [2.45, 2.75) is 72.4 Å². The molecule has 0 spiro atoms. The SMILES string of the molecule is CCn1nc(C)c(Br)c1CC(CC)(CC)CNC1CC1. The molecule has 0 amide bonds. The highest BCUT2D eigenvalue weighted by Crippen LogP contribution is 2.35. The van der Waals surface area contributed by atoms with E-state index < -0.39 is 0 Å². The Morgan fingerprint density at radius 3 is 2.45 bits per heavy atom. The maximum absolute atomic E-state index is 4.64. The van der Waals surface area contributed by atoms with Gasteiger partial charge in [0.2, 0.25) is 0 Å². The van der Waals surface area contributed by atoms with Crippen LogP contribution in [0.1, 0.15) is 57.8 Å². The molecule has 20 heavy (non-hydrogen) atoms. The van der Waals surface area contributed by atoms with Crippen molar-refractivity contribution in [3.05, 3.63) is 15.9 Å². The Labute approximate surface area is 131 Å². The van der Waals surface area contributed by atoms with E-state index in [1.165, 1.54) is 35.8 Å². The fourth-order valence-electron chi connectivity index (χ4n) is 2.85. The van der Waals surface area contributed by atoms with Gasteiger partial charge in [0, 0.05) is 19.1 Å². The number of aromatic nitrogens is 2. The second-order valence-electron chi connectivity index (χ2n) is 6.20. The minimum Gasteiger partial charge on any atom is -0.313 e. The van der Waals surface area contributed by atoms with Gasteiger partial charge in [0.05, 0.1) is 15.9 Å². The number of hydrogen-bond acceptors (Lipinski definition) is 2. The largest absolute Gasteiger partial charge is 0.313 e. The molecule has 1 heterocycles. The Hall–Kier alpha value is -0.350. The Kier molecular flexibility index (Phi) is 5.30. The first-order valence-corrected chi connectivity index (χ1v) is 8.79. The molecule has 0 saturated heterocycles. The van der Waals surface area contributed by atoms with Gasteiger partial charge in [-0.1, -0.05) is 13.8 Å². The predicted molar refractivity (Wildman–Crippen MR) is 88.1 cm³/mol. The van der Waals surface area contributed by atoms with Crippen molar-refractivity contribution in [3.63, 3.8) is 0 Å². The predicted octanol–water partition coefficient (Wildman–Crippen LogP) is 4.07. The Balaban J connectivity index is 2.17. The molecular formula is C16H28BrN3. The van der Waals surface area contributed by atoms with Crippen molar-refractivity contribution < 1.29 is 0 Å². The van der Waals surface area contributed by atoms with E-state index in [1.54, 1.807) is 0 Å². The maximum atomic E-state index is 4.64. The molecule has 1 aromatic rings. The zero-order valence-electron chi connectivity index (χ0n) is 13.3. The molecule has 0 atom stereocenters. The fraction of sp³-hybridized carbons (Fsp3) is 0.812. The minimum atomic E-state index is 0.352. The summed E-state index contributed by atoms with van der Waals surface area (Å²) in [6, 6.07) is 0.786. The van der Waals surface area contributed by atoms with Crippen LogP contribution in [0, 0.1) is 12.3 Å². The van der Waals surface area contributed by atoms with E-state index >= 15 is 0 Å². The highest BCUT2D eigenvalue weighted by Gasteiger charge is 2.32. The highest BCUT2D eigenvalue weighted by atomic mass is 79.9. The highest BCUT2D eigenvalue weighted by molar-refractivity contribution is 9.10. The number of aryl methyl sites for hydroxylation is 2. The molecule has 0 radical (unpaired) electrons. The third-order valence-electron chi connectivity index (χ3n) is 4.84. The van der Waals surface area contributed by atoms with E-state index in [0.29, 0.717) is 5.41 Å². The molecule has 2 rings (SSSR count). The average Bonchev–Trinajstić information content (AvgIpc) is 3.25. The van der Waals surface area contributed by atoms with Gasteiger partial charge in [0.25, 0.3) is 0 Å². The molecule has 1 saturated carbocycles. The number of halogens is 1. The molecule has 1 aromatic heterocycles. The number of nitrogens with one attached hydrogen (secondary N) is 1. The van der Waals surface area contributed by atoms with Crippen LogP contribution in [0.5, 0.6) is 0 Å². The number of hydrogen-bond donors (Lipinski definition) is 1. The summed E-state index contributed by atoms with van der Waals surface area (Å²) in [7, 11) is 0. The quantitative estimate of drug-likeness (QED) is 0.772. The van der Waals surface area contributed by atoms with E-state index in [-0.39, 0.29) is 0 Å². The van der Waals surface area contributed by atoms with Gasteiger partial charge in [0.1, 0.15) is 0 Å². The summed E-state index contributed by atoms with van der Waals surface area (Å²) in [6.45, 7) is 11.0. The van der Waals surface area contributed by atoms with Crippen LogP contribution in [0.4, 0.5) is 0 Å². The lowest BCUT2D eigenvalue weighted by atomic mass is 9.78. The molecule has 3 nitrogen and oxygen atoms in total. The van der Waals surface area contributed by atoms with E-state index in [0.717, 1.165) is 31.2 Å². The summed E-state index contributed by atoms with van der Waals surface area (Å²) in [5, 5.41) is 8.38. The average molecular weight is 342 g/mol. The molecule has 114 valence electrons. The lowest BCUT2D eigenvalue weighted by Crippen LogP contribution is -2.37. The van der Waals surface area contributed by atoms with Crippen molar-refractivity contribution in [1.82, 2.24) is 15.1 Å². The van der Waals surface area contributed by atoms with Gasteiger partial charge in [-0.3, -0.25) is 4.68 Å². The second kappa shape index (κ2) is 6.61. The topological polar surface area (TPSA) is 29.9 Å². The first-order valence-electron chi connectivity index (χ1n) is 8.00. The monoisotopic (exact) mass is 341 g/mol. The number of rotatable bonds is 8. The lowest BCUT2D eigenvalue weighted by Gasteiger charge is -2.32. The van der Waals surface area contributed by atoms with Gasteiger partial charge in [-0.05, 0) is 67.3 Å². The standard InChI is InChI=1S/C16H28BrN3/c1-5-16(6-2,11-18-13-8-9-13)10-14-15(17)12(4)19-20(14)7-3/h13,18H,5-11H2,1-4H3. The van der Waals surface area contributed by atoms with Crippen molar-refractivity contribution in [3.8, 4) is 0 Å². The van der Waals surface area contributed by atoms with Gasteiger partial charge in [-0.2, -0.15) is 5.10 Å². The van der Waals surface area contributed by atoms with Crippen molar-refractivity contribution in [2.24, 2.45) is 5.41 Å². The van der Waals surface area contributed by atoms with Crippen LogP contribution < -0.4 is 5.32 Å². The van der Waals surface area contributed by atoms with Crippen LogP contribution in [-0.4, -0.2) is 22.4 Å². The van der Waals surface area contributed by atoms with E-state index in [4.69, 9.17) is 0 Å². The van der Waals surface area contributed by atoms with Crippen molar-refractivity contribution >= 4 is 15.9 Å². The van der Waals surface area contributed by atoms with E-state index in [9.17, 15) is 0 Å². The van der Waals surface area contributed by atoms with Gasteiger partial charge in [-0.25, -0.2) is 0 Å². The van der Waals surface area contributed by atoms with Crippen LogP contribution >= 0.6 is 15.9 Å². The zero-order chi connectivity index (χ0) is 14.8. The molecule has 4 heteroatoms. The van der Waals surface area contributed by atoms with Crippen molar-refractivity contribution in [1.29, 1.82) is 0 Å². The zero-order valence-corrected chi connectivity index (χ0v) is 14.9. The smallest absolute Gasteiger partial charge is 0.0738 e. The normalized spacial score (nSPS) is 15.8. The summed E-state index contributed by atoms with van der Waals surface area (Å²) in [4.78, 5) is 0. The molecule has 1 aliphatic rings. The number of nitrogens with zero attached hydrogens (tertiary/aromatic N) is 2. The Morgan fingerprint density at radius 2 is 1.95 bits per heavy atom. The summed E-state index contributed by atoms with van der Waals surface area (Å²) in [5.74, 6) is 0. The molecule has 0 bridgehead atoms. The van der Waals surface area contributed by atoms with Gasteiger partial charge in [-0.15, -0.1) is 0 Å². The first-order chi connectivity index (χ1) is 9.55. The fourth-order valence-corrected chi connectivity index (χ4v) is 3.28. The van der Waals surface area contributed by atoms with E-state index in [1.807, 2.05) is 0 Å². The lowest BCUT2D eigenvalue weighted by molar-refractivity contribution is 0.239. The molecule has 1 fully saturated rings. The third kappa shape index (κ3) is 3.45. The van der Waals surface area contributed by atoms with Gasteiger partial charge < -0.3 is 5.32 Å². The minimum absolute atomic E-state index is 0.352. The van der Waals surface area contributed by atoms with E-state index in [2.05, 4.69) is 58.7 Å². The Morgan fingerprint density at radius 1 is 1.30 bits per heavy atom. The Bertz CT molecular complexity index is 445. The molecule has 0 aromatic carbocycles. The molecular weight excluding hydrogens is 314 g/mol. The summed E-state index contributed by atoms with van der Waals surface area (Å²) < 4.78 is 3.37. The van der Waals surface area contributed by atoms with Crippen molar-refractivity contribution in [2.75, 3.05) is 6.54 Å². The maximum Gasteiger partial charge on any atom is 0.0738 e. The van der Waals surface area contributed by atoms with Crippen LogP contribution in [0.3, 0.4) is 0 Å². The van der Waals surface area contributed by atoms with Crippen LogP contribution in [0.25, 0.3) is 0 Å². The third-order valence-corrected chi connectivity index (χ3v) is 5.87. The second-order valence-corrected chi connectivity index (χ2v) is 6.99.